The zero-order valence-electron chi connectivity index (χ0n) is 40.4. The fraction of sp³-hybridized carbons (Fsp3) is 0.889. The van der Waals surface area contributed by atoms with Gasteiger partial charge >= 0.3 is 5.97 Å². The number of hydrogen-bond acceptors (Lipinski definition) is 5. The summed E-state index contributed by atoms with van der Waals surface area (Å²) in [6.45, 7) is 6.47. The Morgan fingerprint density at radius 1 is 0.467 bits per heavy atom. The molecule has 0 fully saturated rings. The summed E-state index contributed by atoms with van der Waals surface area (Å²) in [6, 6.07) is -0.702. The Hall–Kier alpha value is -1.66. The fourth-order valence-electron chi connectivity index (χ4n) is 8.19. The van der Waals surface area contributed by atoms with Crippen LogP contribution in [0.15, 0.2) is 24.3 Å². The number of hydrogen-bond donors (Lipinski definition) is 3. The third kappa shape index (κ3) is 43.0. The summed E-state index contributed by atoms with van der Waals surface area (Å²) in [5.74, 6) is -0.480. The van der Waals surface area contributed by atoms with E-state index in [1.54, 1.807) is 0 Å². The highest BCUT2D eigenvalue weighted by Gasteiger charge is 2.24. The van der Waals surface area contributed by atoms with Crippen LogP contribution < -0.4 is 5.32 Å². The summed E-state index contributed by atoms with van der Waals surface area (Å²) >= 11 is 0. The zero-order valence-corrected chi connectivity index (χ0v) is 40.4. The number of carbonyl (C=O) groups is 2. The number of esters is 1. The van der Waals surface area contributed by atoms with Gasteiger partial charge < -0.3 is 20.3 Å². The number of aliphatic hydroxyl groups is 2. The molecule has 0 saturated carbocycles. The minimum Gasteiger partial charge on any atom is -0.462 e. The number of carbonyl (C=O) groups excluding carboxylic acids is 2. The van der Waals surface area contributed by atoms with Crippen molar-refractivity contribution in [3.05, 3.63) is 24.3 Å². The average Bonchev–Trinajstić information content (AvgIpc) is 3.24. The van der Waals surface area contributed by atoms with Crippen molar-refractivity contribution < 1.29 is 24.5 Å². The molecule has 0 aliphatic carbocycles. The number of allylic oxidation sites excluding steroid dienone is 4. The average molecular weight is 846 g/mol. The quantitative estimate of drug-likeness (QED) is 0.0322. The Morgan fingerprint density at radius 3 is 1.22 bits per heavy atom. The van der Waals surface area contributed by atoms with E-state index < -0.39 is 18.2 Å². The highest BCUT2D eigenvalue weighted by Crippen LogP contribution is 2.18. The van der Waals surface area contributed by atoms with Crippen molar-refractivity contribution in [2.75, 3.05) is 6.61 Å². The number of ether oxygens (including phenoxy) is 1. The van der Waals surface area contributed by atoms with Crippen LogP contribution >= 0.6 is 0 Å². The van der Waals surface area contributed by atoms with Gasteiger partial charge in [-0.25, -0.2) is 0 Å². The van der Waals surface area contributed by atoms with Crippen molar-refractivity contribution in [3.8, 4) is 0 Å². The summed E-state index contributed by atoms with van der Waals surface area (Å²) in [6.07, 6.45) is 55.2. The zero-order chi connectivity index (χ0) is 43.8. The molecule has 0 bridgehead atoms. The molecule has 0 aromatic heterocycles. The second kappa shape index (κ2) is 48.4. The molecule has 6 nitrogen and oxygen atoms in total. The van der Waals surface area contributed by atoms with Gasteiger partial charge in [-0.1, -0.05) is 218 Å². The Labute approximate surface area is 373 Å². The first-order valence-electron chi connectivity index (χ1n) is 26.6. The Morgan fingerprint density at radius 2 is 0.800 bits per heavy atom. The van der Waals surface area contributed by atoms with Crippen LogP contribution in [0.3, 0.4) is 0 Å². The minimum atomic E-state index is -0.788. The Kier molecular flexibility index (Phi) is 47.0. The standard InChI is InChI=1S/C54H103NO5/c1-4-7-10-13-16-19-22-25-27-28-30-33-36-39-42-45-50(60-54(59)47-44-41-38-35-32-24-21-18-15-12-9-6-3)48-53(58)55-51(49-56)52(57)46-43-40-37-34-31-29-26-23-20-17-14-11-8-5-2/h18,21,25,27,50-52,56-57H,4-17,19-20,22-24,26,28-49H2,1-3H3,(H,55,58)/b21-18-,27-25+. The number of amides is 1. The fourth-order valence-corrected chi connectivity index (χ4v) is 8.19. The SMILES string of the molecule is CCCCC/C=C\CCCCCCCC(=O)OC(CCCCCCC/C=C/CCCCCCCC)CC(=O)NC(CO)C(O)CCCCCCCCCCCCCCCC. The molecule has 0 aliphatic heterocycles. The monoisotopic (exact) mass is 846 g/mol. The van der Waals surface area contributed by atoms with Crippen LogP contribution in [0.2, 0.25) is 0 Å². The van der Waals surface area contributed by atoms with E-state index in [1.165, 1.54) is 173 Å². The molecule has 0 rings (SSSR count). The molecule has 0 heterocycles. The summed E-state index contributed by atoms with van der Waals surface area (Å²) in [5.41, 5.74) is 0. The molecule has 3 N–H and O–H groups in total. The first-order valence-corrected chi connectivity index (χ1v) is 26.6. The molecular formula is C54H103NO5. The van der Waals surface area contributed by atoms with E-state index in [1.807, 2.05) is 0 Å². The lowest BCUT2D eigenvalue weighted by atomic mass is 10.0. The van der Waals surface area contributed by atoms with Crippen LogP contribution in [-0.4, -0.2) is 46.9 Å². The molecule has 354 valence electrons. The second-order valence-corrected chi connectivity index (χ2v) is 18.3. The van der Waals surface area contributed by atoms with Gasteiger partial charge in [0.25, 0.3) is 0 Å². The van der Waals surface area contributed by atoms with Gasteiger partial charge in [-0.2, -0.15) is 0 Å². The van der Waals surface area contributed by atoms with Crippen LogP contribution in [0.25, 0.3) is 0 Å². The molecule has 0 aromatic rings. The molecule has 0 spiro atoms. The second-order valence-electron chi connectivity index (χ2n) is 18.3. The van der Waals surface area contributed by atoms with E-state index in [4.69, 9.17) is 4.74 Å². The van der Waals surface area contributed by atoms with Gasteiger partial charge in [-0.3, -0.25) is 9.59 Å². The molecule has 0 saturated heterocycles. The lowest BCUT2D eigenvalue weighted by Gasteiger charge is -2.24. The highest BCUT2D eigenvalue weighted by molar-refractivity contribution is 5.77. The molecule has 0 aliphatic rings. The van der Waals surface area contributed by atoms with Gasteiger partial charge in [0.1, 0.15) is 6.10 Å². The number of rotatable bonds is 48. The van der Waals surface area contributed by atoms with Crippen molar-refractivity contribution in [1.29, 1.82) is 0 Å². The smallest absolute Gasteiger partial charge is 0.306 e. The number of unbranched alkanes of at least 4 members (excludes halogenated alkanes) is 32. The molecular weight excluding hydrogens is 743 g/mol. The van der Waals surface area contributed by atoms with Crippen molar-refractivity contribution in [2.45, 2.75) is 302 Å². The molecule has 0 aromatic carbocycles. The predicted octanol–water partition coefficient (Wildman–Crippen LogP) is 15.9. The lowest BCUT2D eigenvalue weighted by molar-refractivity contribution is -0.151. The van der Waals surface area contributed by atoms with Crippen LogP contribution in [0, 0.1) is 0 Å². The van der Waals surface area contributed by atoms with E-state index >= 15 is 0 Å². The van der Waals surface area contributed by atoms with E-state index in [9.17, 15) is 19.8 Å². The third-order valence-corrected chi connectivity index (χ3v) is 12.3. The minimum absolute atomic E-state index is 0.0726. The summed E-state index contributed by atoms with van der Waals surface area (Å²) in [7, 11) is 0. The first-order chi connectivity index (χ1) is 29.5. The number of aliphatic hydroxyl groups excluding tert-OH is 2. The van der Waals surface area contributed by atoms with Crippen LogP contribution in [0.1, 0.15) is 284 Å². The van der Waals surface area contributed by atoms with Gasteiger partial charge in [-0.15, -0.1) is 0 Å². The largest absolute Gasteiger partial charge is 0.462 e. The molecule has 3 atom stereocenters. The maximum atomic E-state index is 13.2. The molecule has 3 unspecified atom stereocenters. The Balaban J connectivity index is 4.56. The van der Waals surface area contributed by atoms with Crippen molar-refractivity contribution in [3.63, 3.8) is 0 Å². The molecule has 0 radical (unpaired) electrons. The molecule has 6 heteroatoms. The van der Waals surface area contributed by atoms with Crippen LogP contribution in [0.5, 0.6) is 0 Å². The maximum Gasteiger partial charge on any atom is 0.306 e. The van der Waals surface area contributed by atoms with Crippen LogP contribution in [-0.2, 0) is 14.3 Å². The first kappa shape index (κ1) is 58.3. The Bertz CT molecular complexity index is 950. The summed E-state index contributed by atoms with van der Waals surface area (Å²) < 4.78 is 5.93. The van der Waals surface area contributed by atoms with Crippen LogP contribution in [0.4, 0.5) is 0 Å². The lowest BCUT2D eigenvalue weighted by Crippen LogP contribution is -2.46. The van der Waals surface area contributed by atoms with E-state index in [-0.39, 0.29) is 24.9 Å². The van der Waals surface area contributed by atoms with E-state index in [0.717, 1.165) is 64.2 Å². The van der Waals surface area contributed by atoms with E-state index in [0.29, 0.717) is 19.3 Å². The molecule has 1 amide bonds. The van der Waals surface area contributed by atoms with Crippen molar-refractivity contribution >= 4 is 11.9 Å². The van der Waals surface area contributed by atoms with E-state index in [2.05, 4.69) is 50.4 Å². The van der Waals surface area contributed by atoms with Gasteiger partial charge in [0.15, 0.2) is 0 Å². The third-order valence-electron chi connectivity index (χ3n) is 12.3. The topological polar surface area (TPSA) is 95.9 Å². The van der Waals surface area contributed by atoms with Crippen molar-refractivity contribution in [2.24, 2.45) is 0 Å². The van der Waals surface area contributed by atoms with Gasteiger partial charge in [0.05, 0.1) is 25.2 Å². The maximum absolute atomic E-state index is 13.2. The summed E-state index contributed by atoms with van der Waals surface area (Å²) in [5, 5.41) is 23.8. The predicted molar refractivity (Wildman–Crippen MR) is 260 cm³/mol. The summed E-state index contributed by atoms with van der Waals surface area (Å²) in [4.78, 5) is 26.1. The normalized spacial score (nSPS) is 13.3. The number of nitrogens with one attached hydrogen (secondary N) is 1. The highest BCUT2D eigenvalue weighted by atomic mass is 16.5. The van der Waals surface area contributed by atoms with Crippen molar-refractivity contribution in [1.82, 2.24) is 5.32 Å². The van der Waals surface area contributed by atoms with Gasteiger partial charge in [0, 0.05) is 6.42 Å². The van der Waals surface area contributed by atoms with Gasteiger partial charge in [0.2, 0.25) is 5.91 Å². The molecule has 60 heavy (non-hydrogen) atoms. The van der Waals surface area contributed by atoms with Gasteiger partial charge in [-0.05, 0) is 77.0 Å².